The molecule has 2 aromatic carbocycles. The Hall–Kier alpha value is -3.21. The third kappa shape index (κ3) is 4.99. The zero-order valence-electron chi connectivity index (χ0n) is 16.3. The highest BCUT2D eigenvalue weighted by molar-refractivity contribution is 5.87. The Balaban J connectivity index is 1.39. The van der Waals surface area contributed by atoms with E-state index in [0.29, 0.717) is 5.88 Å². The van der Waals surface area contributed by atoms with E-state index in [1.165, 1.54) is 0 Å². The van der Waals surface area contributed by atoms with E-state index >= 15 is 0 Å². The van der Waals surface area contributed by atoms with Crippen molar-refractivity contribution in [2.45, 2.75) is 43.7 Å². The molecule has 5 heteroatoms. The first-order valence-corrected chi connectivity index (χ1v) is 10.1. The number of carbonyl (C=O) groups is 1. The minimum atomic E-state index is -0.300. The molecule has 1 amide bonds. The maximum Gasteiger partial charge on any atom is 0.232 e. The van der Waals surface area contributed by atoms with E-state index in [0.717, 1.165) is 36.8 Å². The molecule has 0 spiro atoms. The van der Waals surface area contributed by atoms with Gasteiger partial charge in [-0.3, -0.25) is 9.78 Å². The maximum absolute atomic E-state index is 13.2. The van der Waals surface area contributed by atoms with Crippen molar-refractivity contribution in [1.29, 1.82) is 0 Å². The Morgan fingerprint density at radius 1 is 0.897 bits per heavy atom. The van der Waals surface area contributed by atoms with Crippen molar-refractivity contribution in [3.8, 4) is 5.88 Å². The van der Waals surface area contributed by atoms with E-state index in [-0.39, 0.29) is 24.0 Å². The number of amides is 1. The lowest BCUT2D eigenvalue weighted by atomic mass is 9.88. The molecule has 0 bridgehead atoms. The van der Waals surface area contributed by atoms with Crippen molar-refractivity contribution in [3.63, 3.8) is 0 Å². The lowest BCUT2D eigenvalue weighted by molar-refractivity contribution is -0.122. The van der Waals surface area contributed by atoms with Crippen LogP contribution in [0, 0.1) is 0 Å². The van der Waals surface area contributed by atoms with E-state index in [9.17, 15) is 4.79 Å². The van der Waals surface area contributed by atoms with Crippen LogP contribution in [0.3, 0.4) is 0 Å². The molecule has 1 aliphatic carbocycles. The molecule has 29 heavy (non-hydrogen) atoms. The Labute approximate surface area is 171 Å². The minimum absolute atomic E-state index is 0.0562. The highest BCUT2D eigenvalue weighted by atomic mass is 16.5. The average Bonchev–Trinajstić information content (AvgIpc) is 2.78. The largest absolute Gasteiger partial charge is 0.473 e. The van der Waals surface area contributed by atoms with Gasteiger partial charge >= 0.3 is 0 Å². The molecule has 1 fully saturated rings. The third-order valence-electron chi connectivity index (χ3n) is 5.38. The Kier molecular flexibility index (Phi) is 6.15. The summed E-state index contributed by atoms with van der Waals surface area (Å²) >= 11 is 0. The molecule has 0 unspecified atom stereocenters. The normalized spacial score (nSPS) is 18.9. The summed E-state index contributed by atoms with van der Waals surface area (Å²) in [7, 11) is 0. The van der Waals surface area contributed by atoms with Crippen LogP contribution in [0.2, 0.25) is 0 Å². The summed E-state index contributed by atoms with van der Waals surface area (Å²) in [5.41, 5.74) is 2.02. The molecule has 3 aromatic rings. The maximum atomic E-state index is 13.2. The number of hydrogen-bond acceptors (Lipinski definition) is 4. The quantitative estimate of drug-likeness (QED) is 0.691. The molecule has 1 heterocycles. The summed E-state index contributed by atoms with van der Waals surface area (Å²) in [6, 6.07) is 20.1. The minimum Gasteiger partial charge on any atom is -0.473 e. The fourth-order valence-corrected chi connectivity index (χ4v) is 3.91. The van der Waals surface area contributed by atoms with E-state index in [1.54, 1.807) is 18.6 Å². The molecule has 0 saturated heterocycles. The van der Waals surface area contributed by atoms with Gasteiger partial charge in [0, 0.05) is 18.4 Å². The van der Waals surface area contributed by atoms with Crippen LogP contribution in [-0.4, -0.2) is 28.0 Å². The third-order valence-corrected chi connectivity index (χ3v) is 5.38. The fourth-order valence-electron chi connectivity index (χ4n) is 3.91. The predicted octanol–water partition coefficient (Wildman–Crippen LogP) is 4.11. The van der Waals surface area contributed by atoms with Crippen LogP contribution in [0.25, 0.3) is 0 Å². The smallest absolute Gasteiger partial charge is 0.232 e. The topological polar surface area (TPSA) is 64.1 Å². The van der Waals surface area contributed by atoms with Crippen LogP contribution >= 0.6 is 0 Å². The first-order valence-electron chi connectivity index (χ1n) is 10.1. The van der Waals surface area contributed by atoms with Gasteiger partial charge in [-0.1, -0.05) is 60.7 Å². The number of aromatic nitrogens is 2. The summed E-state index contributed by atoms with van der Waals surface area (Å²) < 4.78 is 5.91. The van der Waals surface area contributed by atoms with Gasteiger partial charge in [-0.15, -0.1) is 0 Å². The lowest BCUT2D eigenvalue weighted by Gasteiger charge is -2.30. The highest BCUT2D eigenvalue weighted by Crippen LogP contribution is 2.27. The van der Waals surface area contributed by atoms with Crippen LogP contribution in [0.4, 0.5) is 0 Å². The molecule has 148 valence electrons. The van der Waals surface area contributed by atoms with E-state index in [4.69, 9.17) is 4.74 Å². The molecule has 1 saturated carbocycles. The second-order valence-electron chi connectivity index (χ2n) is 7.40. The number of nitrogens with one attached hydrogen (secondary N) is 1. The van der Waals surface area contributed by atoms with Gasteiger partial charge in [-0.25, -0.2) is 4.98 Å². The second kappa shape index (κ2) is 9.32. The predicted molar refractivity (Wildman–Crippen MR) is 112 cm³/mol. The zero-order valence-corrected chi connectivity index (χ0v) is 16.3. The van der Waals surface area contributed by atoms with Gasteiger partial charge in [0.1, 0.15) is 6.10 Å². The van der Waals surface area contributed by atoms with Crippen LogP contribution < -0.4 is 10.1 Å². The van der Waals surface area contributed by atoms with Gasteiger partial charge in [0.05, 0.1) is 12.1 Å². The van der Waals surface area contributed by atoms with Gasteiger partial charge in [0.25, 0.3) is 0 Å². The molecule has 0 radical (unpaired) electrons. The van der Waals surface area contributed by atoms with Crippen molar-refractivity contribution < 1.29 is 9.53 Å². The van der Waals surface area contributed by atoms with Crippen molar-refractivity contribution in [2.75, 3.05) is 0 Å². The molecular formula is C24H25N3O2. The molecule has 1 aromatic heterocycles. The molecule has 5 nitrogen and oxygen atoms in total. The van der Waals surface area contributed by atoms with E-state index < -0.39 is 0 Å². The van der Waals surface area contributed by atoms with Gasteiger partial charge in [0.15, 0.2) is 0 Å². The number of rotatable bonds is 6. The summed E-state index contributed by atoms with van der Waals surface area (Å²) in [5.74, 6) is 0.319. The summed E-state index contributed by atoms with van der Waals surface area (Å²) in [4.78, 5) is 21.4. The Morgan fingerprint density at radius 2 is 1.52 bits per heavy atom. The number of hydrogen-bond donors (Lipinski definition) is 1. The van der Waals surface area contributed by atoms with Crippen LogP contribution in [0.1, 0.15) is 42.7 Å². The fraction of sp³-hybridized carbons (Fsp3) is 0.292. The second-order valence-corrected chi connectivity index (χ2v) is 7.40. The Bertz CT molecular complexity index is 856. The van der Waals surface area contributed by atoms with Crippen molar-refractivity contribution in [1.82, 2.24) is 15.3 Å². The number of benzene rings is 2. The zero-order chi connectivity index (χ0) is 19.9. The molecule has 0 aliphatic heterocycles. The summed E-state index contributed by atoms with van der Waals surface area (Å²) in [6.07, 6.45) is 8.60. The Morgan fingerprint density at radius 3 is 2.07 bits per heavy atom. The standard InChI is InChI=1S/C24H25N3O2/c28-24(23(18-7-3-1-4-8-18)19-9-5-2-6-10-19)27-20-11-13-21(14-12-20)29-22-17-25-15-16-26-22/h1-10,15-17,20-21,23H,11-14H2,(H,27,28). The summed E-state index contributed by atoms with van der Waals surface area (Å²) in [6.45, 7) is 0. The summed E-state index contributed by atoms with van der Waals surface area (Å²) in [5, 5.41) is 3.28. The van der Waals surface area contributed by atoms with Gasteiger partial charge in [-0.2, -0.15) is 0 Å². The average molecular weight is 387 g/mol. The van der Waals surface area contributed by atoms with E-state index in [1.807, 2.05) is 60.7 Å². The number of carbonyl (C=O) groups excluding carboxylic acids is 1. The van der Waals surface area contributed by atoms with Crippen LogP contribution in [-0.2, 0) is 4.79 Å². The molecule has 1 aliphatic rings. The van der Waals surface area contributed by atoms with Gasteiger partial charge in [-0.05, 0) is 36.8 Å². The first kappa shape index (κ1) is 19.1. The first-order chi connectivity index (χ1) is 14.3. The highest BCUT2D eigenvalue weighted by Gasteiger charge is 2.28. The van der Waals surface area contributed by atoms with E-state index in [2.05, 4.69) is 15.3 Å². The van der Waals surface area contributed by atoms with Crippen molar-refractivity contribution in [3.05, 3.63) is 90.4 Å². The molecular weight excluding hydrogens is 362 g/mol. The van der Waals surface area contributed by atoms with Crippen molar-refractivity contribution >= 4 is 5.91 Å². The monoisotopic (exact) mass is 387 g/mol. The number of nitrogens with zero attached hydrogens (tertiary/aromatic N) is 2. The van der Waals surface area contributed by atoms with Gasteiger partial charge < -0.3 is 10.1 Å². The van der Waals surface area contributed by atoms with Crippen LogP contribution in [0.15, 0.2) is 79.3 Å². The number of ether oxygens (including phenoxy) is 1. The van der Waals surface area contributed by atoms with Gasteiger partial charge in [0.2, 0.25) is 11.8 Å². The molecule has 4 rings (SSSR count). The van der Waals surface area contributed by atoms with Crippen molar-refractivity contribution in [2.24, 2.45) is 0 Å². The SMILES string of the molecule is O=C(NC1CCC(Oc2cnccn2)CC1)C(c1ccccc1)c1ccccc1. The lowest BCUT2D eigenvalue weighted by Crippen LogP contribution is -2.42. The molecule has 0 atom stereocenters. The molecule has 1 N–H and O–H groups in total. The van der Waals surface area contributed by atoms with Crippen LogP contribution in [0.5, 0.6) is 5.88 Å².